The Balaban J connectivity index is 2.54. The molecule has 0 aromatic carbocycles. The zero-order chi connectivity index (χ0) is 6.20. The van der Waals surface area contributed by atoms with E-state index in [1.165, 1.54) is 0 Å². The third kappa shape index (κ3) is 0.966. The smallest absolute Gasteiger partial charge is 0.145 e. The summed E-state index contributed by atoms with van der Waals surface area (Å²) in [6, 6.07) is 0. The topological polar surface area (TPSA) is 15.3 Å². The number of rotatable bonds is 0. The Morgan fingerprint density at radius 2 is 2.38 bits per heavy atom. The van der Waals surface area contributed by atoms with E-state index in [1.807, 2.05) is 14.0 Å². The van der Waals surface area contributed by atoms with E-state index in [0.717, 1.165) is 13.1 Å². The third-order valence-corrected chi connectivity index (χ3v) is 2.03. The van der Waals surface area contributed by atoms with Gasteiger partial charge in [-0.3, -0.25) is 10.2 Å². The molecule has 0 saturated carbocycles. The third-order valence-electron chi connectivity index (χ3n) is 1.61. The second kappa shape index (κ2) is 1.87. The Morgan fingerprint density at radius 1 is 1.75 bits per heavy atom. The number of nitrogens with one attached hydrogen (secondary N) is 1. The van der Waals surface area contributed by atoms with Gasteiger partial charge >= 0.3 is 0 Å². The molecule has 0 bridgehead atoms. The van der Waals surface area contributed by atoms with Crippen LogP contribution in [0.15, 0.2) is 0 Å². The van der Waals surface area contributed by atoms with Gasteiger partial charge in [0.2, 0.25) is 0 Å². The Hall–Kier alpha value is 0.210. The zero-order valence-electron chi connectivity index (χ0n) is 5.24. The highest BCUT2D eigenvalue weighted by atomic mass is 35.5. The molecule has 1 atom stereocenters. The summed E-state index contributed by atoms with van der Waals surface area (Å²) in [5.41, 5.74) is 0. The van der Waals surface area contributed by atoms with E-state index in [1.54, 1.807) is 0 Å². The van der Waals surface area contributed by atoms with Gasteiger partial charge in [-0.2, -0.15) is 0 Å². The summed E-state index contributed by atoms with van der Waals surface area (Å²) >= 11 is 5.93. The lowest BCUT2D eigenvalue weighted by Crippen LogP contribution is -2.40. The maximum atomic E-state index is 5.93. The van der Waals surface area contributed by atoms with Crippen LogP contribution in [-0.4, -0.2) is 30.2 Å². The number of hydrogen-bond donors (Lipinski definition) is 1. The van der Waals surface area contributed by atoms with Crippen LogP contribution in [0.1, 0.15) is 6.92 Å². The molecule has 1 fully saturated rings. The highest BCUT2D eigenvalue weighted by Gasteiger charge is 2.29. The van der Waals surface area contributed by atoms with Crippen LogP contribution in [0.2, 0.25) is 0 Å². The molecule has 1 unspecified atom stereocenters. The SMILES string of the molecule is CN1CCNC1(C)Cl. The van der Waals surface area contributed by atoms with Gasteiger partial charge < -0.3 is 0 Å². The molecule has 1 N–H and O–H groups in total. The van der Waals surface area contributed by atoms with Crippen molar-refractivity contribution in [3.05, 3.63) is 0 Å². The van der Waals surface area contributed by atoms with Crippen LogP contribution in [-0.2, 0) is 0 Å². The monoisotopic (exact) mass is 134 g/mol. The Labute approximate surface area is 54.8 Å². The van der Waals surface area contributed by atoms with Gasteiger partial charge in [0.05, 0.1) is 0 Å². The minimum atomic E-state index is -0.292. The van der Waals surface area contributed by atoms with Crippen molar-refractivity contribution in [2.75, 3.05) is 20.1 Å². The minimum Gasteiger partial charge on any atom is -0.285 e. The number of halogens is 1. The van der Waals surface area contributed by atoms with Gasteiger partial charge in [-0.05, 0) is 14.0 Å². The lowest BCUT2D eigenvalue weighted by Gasteiger charge is -2.23. The van der Waals surface area contributed by atoms with E-state index in [-0.39, 0.29) is 5.12 Å². The predicted octanol–water partition coefficient (Wildman–Crippen LogP) is 0.434. The maximum absolute atomic E-state index is 5.93. The van der Waals surface area contributed by atoms with Gasteiger partial charge in [0.25, 0.3) is 0 Å². The summed E-state index contributed by atoms with van der Waals surface area (Å²) < 4.78 is 0. The van der Waals surface area contributed by atoms with E-state index < -0.39 is 0 Å². The largest absolute Gasteiger partial charge is 0.285 e. The van der Waals surface area contributed by atoms with Crippen LogP contribution in [0, 0.1) is 0 Å². The van der Waals surface area contributed by atoms with Crippen LogP contribution in [0.4, 0.5) is 0 Å². The molecule has 1 rings (SSSR count). The van der Waals surface area contributed by atoms with Crippen molar-refractivity contribution in [1.82, 2.24) is 10.2 Å². The molecular weight excluding hydrogens is 124 g/mol. The number of hydrogen-bond acceptors (Lipinski definition) is 2. The van der Waals surface area contributed by atoms with Gasteiger partial charge in [0, 0.05) is 13.1 Å². The van der Waals surface area contributed by atoms with Crippen LogP contribution in [0.5, 0.6) is 0 Å². The molecule has 0 amide bonds. The average Bonchev–Trinajstić information content (AvgIpc) is 1.86. The van der Waals surface area contributed by atoms with E-state index in [4.69, 9.17) is 11.6 Å². The second-order valence-corrected chi connectivity index (χ2v) is 3.04. The summed E-state index contributed by atoms with van der Waals surface area (Å²) in [5, 5.41) is 2.85. The van der Waals surface area contributed by atoms with Crippen molar-refractivity contribution in [2.45, 2.75) is 12.0 Å². The Morgan fingerprint density at radius 3 is 2.50 bits per heavy atom. The molecule has 1 aliphatic heterocycles. The van der Waals surface area contributed by atoms with Crippen molar-refractivity contribution in [3.8, 4) is 0 Å². The van der Waals surface area contributed by atoms with Crippen molar-refractivity contribution >= 4 is 11.6 Å². The molecule has 0 spiro atoms. The van der Waals surface area contributed by atoms with Crippen molar-refractivity contribution in [2.24, 2.45) is 0 Å². The molecule has 0 aromatic heterocycles. The number of likely N-dealkylation sites (N-methyl/N-ethyl adjacent to an activating group) is 1. The molecule has 2 nitrogen and oxygen atoms in total. The van der Waals surface area contributed by atoms with E-state index in [9.17, 15) is 0 Å². The highest BCUT2D eigenvalue weighted by molar-refractivity contribution is 6.23. The molecule has 3 heteroatoms. The van der Waals surface area contributed by atoms with Crippen LogP contribution < -0.4 is 5.32 Å². The Bertz CT molecular complexity index is 92.4. The molecule has 1 aliphatic rings. The van der Waals surface area contributed by atoms with Crippen molar-refractivity contribution in [3.63, 3.8) is 0 Å². The zero-order valence-corrected chi connectivity index (χ0v) is 6.00. The molecule has 0 aromatic rings. The first-order chi connectivity index (χ1) is 3.63. The van der Waals surface area contributed by atoms with Gasteiger partial charge in [-0.25, -0.2) is 0 Å². The maximum Gasteiger partial charge on any atom is 0.145 e. The molecule has 0 radical (unpaired) electrons. The highest BCUT2D eigenvalue weighted by Crippen LogP contribution is 2.17. The van der Waals surface area contributed by atoms with Gasteiger partial charge in [0.1, 0.15) is 5.12 Å². The molecule has 48 valence electrons. The Kier molecular flexibility index (Phi) is 1.48. The number of nitrogens with zero attached hydrogens (tertiary/aromatic N) is 1. The standard InChI is InChI=1S/C5H11ClN2/c1-5(6)7-3-4-8(5)2/h7H,3-4H2,1-2H3. The molecule has 1 heterocycles. The fraction of sp³-hybridized carbons (Fsp3) is 1.00. The summed E-state index contributed by atoms with van der Waals surface area (Å²) in [6.45, 7) is 4.00. The normalized spacial score (nSPS) is 40.9. The first kappa shape index (κ1) is 6.33. The van der Waals surface area contributed by atoms with E-state index in [2.05, 4.69) is 10.2 Å². The minimum absolute atomic E-state index is 0.292. The first-order valence-corrected chi connectivity index (χ1v) is 3.16. The molecular formula is C5H11ClN2. The molecule has 8 heavy (non-hydrogen) atoms. The fourth-order valence-corrected chi connectivity index (χ4v) is 0.976. The van der Waals surface area contributed by atoms with Crippen LogP contribution >= 0.6 is 11.6 Å². The molecule has 1 saturated heterocycles. The average molecular weight is 135 g/mol. The van der Waals surface area contributed by atoms with Gasteiger partial charge in [0.15, 0.2) is 0 Å². The van der Waals surface area contributed by atoms with Crippen molar-refractivity contribution < 1.29 is 0 Å². The summed E-state index contributed by atoms with van der Waals surface area (Å²) in [5.74, 6) is 0. The summed E-state index contributed by atoms with van der Waals surface area (Å²) in [4.78, 5) is 2.08. The van der Waals surface area contributed by atoms with Gasteiger partial charge in [-0.15, -0.1) is 0 Å². The number of alkyl halides is 1. The summed E-state index contributed by atoms with van der Waals surface area (Å²) in [6.07, 6.45) is 0. The summed E-state index contributed by atoms with van der Waals surface area (Å²) in [7, 11) is 2.01. The van der Waals surface area contributed by atoms with Crippen LogP contribution in [0.25, 0.3) is 0 Å². The van der Waals surface area contributed by atoms with E-state index >= 15 is 0 Å². The molecule has 0 aliphatic carbocycles. The van der Waals surface area contributed by atoms with Gasteiger partial charge in [-0.1, -0.05) is 11.6 Å². The van der Waals surface area contributed by atoms with Crippen molar-refractivity contribution in [1.29, 1.82) is 0 Å². The first-order valence-electron chi connectivity index (χ1n) is 2.78. The van der Waals surface area contributed by atoms with Crippen LogP contribution in [0.3, 0.4) is 0 Å². The lowest BCUT2D eigenvalue weighted by atomic mass is 10.5. The quantitative estimate of drug-likeness (QED) is 0.382. The fourth-order valence-electron chi connectivity index (χ4n) is 0.797. The lowest BCUT2D eigenvalue weighted by molar-refractivity contribution is 0.271. The second-order valence-electron chi connectivity index (χ2n) is 2.30. The predicted molar refractivity (Wildman–Crippen MR) is 34.9 cm³/mol. The van der Waals surface area contributed by atoms with E-state index in [0.29, 0.717) is 0 Å².